The van der Waals surface area contributed by atoms with Crippen LogP contribution in [0.1, 0.15) is 30.0 Å². The zero-order valence-electron chi connectivity index (χ0n) is 11.9. The third-order valence-corrected chi connectivity index (χ3v) is 4.83. The van der Waals surface area contributed by atoms with Crippen molar-refractivity contribution in [3.05, 3.63) is 35.4 Å². The SMILES string of the molecule is Cc1ccccc1C(CN)N1CCN2CCCC2C1. The van der Waals surface area contributed by atoms with Crippen molar-refractivity contribution in [3.8, 4) is 0 Å². The van der Waals surface area contributed by atoms with Gasteiger partial charge in [-0.2, -0.15) is 0 Å². The summed E-state index contributed by atoms with van der Waals surface area (Å²) in [4.78, 5) is 5.26. The number of aryl methyl sites for hydroxylation is 1. The summed E-state index contributed by atoms with van der Waals surface area (Å²) in [6.07, 6.45) is 2.73. The van der Waals surface area contributed by atoms with Gasteiger partial charge in [0, 0.05) is 38.3 Å². The second-order valence-electron chi connectivity index (χ2n) is 5.94. The van der Waals surface area contributed by atoms with Crippen molar-refractivity contribution in [1.82, 2.24) is 9.80 Å². The Hall–Kier alpha value is -0.900. The average molecular weight is 259 g/mol. The minimum Gasteiger partial charge on any atom is -0.329 e. The van der Waals surface area contributed by atoms with Gasteiger partial charge in [-0.25, -0.2) is 0 Å². The number of nitrogens with two attached hydrogens (primary N) is 1. The minimum absolute atomic E-state index is 0.393. The number of fused-ring (bicyclic) bond motifs is 1. The van der Waals surface area contributed by atoms with E-state index in [2.05, 4.69) is 41.0 Å². The normalized spacial score (nSPS) is 26.3. The van der Waals surface area contributed by atoms with E-state index in [4.69, 9.17) is 5.73 Å². The van der Waals surface area contributed by atoms with Crippen LogP contribution in [0.4, 0.5) is 0 Å². The summed E-state index contributed by atoms with van der Waals surface area (Å²) in [5.74, 6) is 0. The van der Waals surface area contributed by atoms with Crippen LogP contribution < -0.4 is 5.73 Å². The van der Waals surface area contributed by atoms with Crippen LogP contribution in [0.25, 0.3) is 0 Å². The fourth-order valence-electron chi connectivity index (χ4n) is 3.73. The molecule has 2 aliphatic heterocycles. The third kappa shape index (κ3) is 2.55. The Balaban J connectivity index is 1.77. The molecule has 2 unspecified atom stereocenters. The summed E-state index contributed by atoms with van der Waals surface area (Å²) in [6, 6.07) is 9.85. The highest BCUT2D eigenvalue weighted by molar-refractivity contribution is 5.29. The summed E-state index contributed by atoms with van der Waals surface area (Å²) >= 11 is 0. The van der Waals surface area contributed by atoms with E-state index in [9.17, 15) is 0 Å². The van der Waals surface area contributed by atoms with Crippen molar-refractivity contribution in [3.63, 3.8) is 0 Å². The highest BCUT2D eigenvalue weighted by Gasteiger charge is 2.33. The number of hydrogen-bond donors (Lipinski definition) is 1. The van der Waals surface area contributed by atoms with Gasteiger partial charge < -0.3 is 5.73 Å². The standard InChI is InChI=1S/C16H25N3/c1-13-5-2-3-7-15(13)16(11-17)19-10-9-18-8-4-6-14(18)12-19/h2-3,5,7,14,16H,4,6,8-12,17H2,1H3. The molecule has 2 N–H and O–H groups in total. The van der Waals surface area contributed by atoms with Gasteiger partial charge in [-0.15, -0.1) is 0 Å². The van der Waals surface area contributed by atoms with Crippen LogP contribution in [-0.2, 0) is 0 Å². The van der Waals surface area contributed by atoms with Gasteiger partial charge >= 0.3 is 0 Å². The summed E-state index contributed by atoms with van der Waals surface area (Å²) in [6.45, 7) is 7.79. The van der Waals surface area contributed by atoms with Crippen molar-refractivity contribution in [2.75, 3.05) is 32.7 Å². The lowest BCUT2D eigenvalue weighted by atomic mass is 9.98. The first-order valence-electron chi connectivity index (χ1n) is 7.53. The van der Waals surface area contributed by atoms with Crippen LogP contribution in [0, 0.1) is 6.92 Å². The van der Waals surface area contributed by atoms with Gasteiger partial charge in [0.15, 0.2) is 0 Å². The monoisotopic (exact) mass is 259 g/mol. The first-order valence-corrected chi connectivity index (χ1v) is 7.53. The molecule has 1 aromatic carbocycles. The Morgan fingerprint density at radius 2 is 2.11 bits per heavy atom. The maximum absolute atomic E-state index is 6.09. The number of nitrogens with zero attached hydrogens (tertiary/aromatic N) is 2. The van der Waals surface area contributed by atoms with Gasteiger partial charge in [0.25, 0.3) is 0 Å². The molecule has 104 valence electrons. The van der Waals surface area contributed by atoms with Gasteiger partial charge in [-0.1, -0.05) is 24.3 Å². The van der Waals surface area contributed by atoms with Gasteiger partial charge in [0.1, 0.15) is 0 Å². The average Bonchev–Trinajstić information content (AvgIpc) is 2.89. The van der Waals surface area contributed by atoms with E-state index >= 15 is 0 Å². The highest BCUT2D eigenvalue weighted by Crippen LogP contribution is 2.28. The Kier molecular flexibility index (Phi) is 3.87. The van der Waals surface area contributed by atoms with E-state index in [0.717, 1.165) is 19.1 Å². The quantitative estimate of drug-likeness (QED) is 0.898. The smallest absolute Gasteiger partial charge is 0.0474 e. The maximum Gasteiger partial charge on any atom is 0.0474 e. The molecular weight excluding hydrogens is 234 g/mol. The van der Waals surface area contributed by atoms with E-state index < -0.39 is 0 Å². The summed E-state index contributed by atoms with van der Waals surface area (Å²) in [7, 11) is 0. The molecule has 0 spiro atoms. The molecule has 2 atom stereocenters. The summed E-state index contributed by atoms with van der Waals surface area (Å²) in [5, 5.41) is 0. The molecule has 0 amide bonds. The molecule has 3 heteroatoms. The number of benzene rings is 1. The van der Waals surface area contributed by atoms with Crippen molar-refractivity contribution >= 4 is 0 Å². The molecule has 0 radical (unpaired) electrons. The topological polar surface area (TPSA) is 32.5 Å². The molecule has 3 nitrogen and oxygen atoms in total. The largest absolute Gasteiger partial charge is 0.329 e. The first kappa shape index (κ1) is 13.1. The molecule has 2 fully saturated rings. The van der Waals surface area contributed by atoms with Crippen molar-refractivity contribution in [2.24, 2.45) is 5.73 Å². The summed E-state index contributed by atoms with van der Waals surface area (Å²) in [5.41, 5.74) is 8.87. The number of piperazine rings is 1. The van der Waals surface area contributed by atoms with Crippen LogP contribution in [0.2, 0.25) is 0 Å². The van der Waals surface area contributed by atoms with Gasteiger partial charge in [0.05, 0.1) is 0 Å². The zero-order valence-corrected chi connectivity index (χ0v) is 11.9. The Morgan fingerprint density at radius 1 is 1.26 bits per heavy atom. The second kappa shape index (κ2) is 5.61. The van der Waals surface area contributed by atoms with Gasteiger partial charge in [-0.3, -0.25) is 9.80 Å². The van der Waals surface area contributed by atoms with E-state index in [-0.39, 0.29) is 0 Å². The predicted octanol–water partition coefficient (Wildman–Crippen LogP) is 1.77. The third-order valence-electron chi connectivity index (χ3n) is 4.83. The van der Waals surface area contributed by atoms with Crippen LogP contribution in [0.3, 0.4) is 0 Å². The Morgan fingerprint density at radius 3 is 2.89 bits per heavy atom. The first-order chi connectivity index (χ1) is 9.29. The maximum atomic E-state index is 6.09. The highest BCUT2D eigenvalue weighted by atomic mass is 15.3. The van der Waals surface area contributed by atoms with E-state index in [1.54, 1.807) is 0 Å². The van der Waals surface area contributed by atoms with Gasteiger partial charge in [-0.05, 0) is 37.4 Å². The molecule has 0 aromatic heterocycles. The second-order valence-corrected chi connectivity index (χ2v) is 5.94. The van der Waals surface area contributed by atoms with Crippen LogP contribution in [-0.4, -0.2) is 48.6 Å². The minimum atomic E-state index is 0.393. The Bertz CT molecular complexity index is 432. The van der Waals surface area contributed by atoms with E-state index in [1.165, 1.54) is 43.6 Å². The van der Waals surface area contributed by atoms with Crippen molar-refractivity contribution in [1.29, 1.82) is 0 Å². The fourth-order valence-corrected chi connectivity index (χ4v) is 3.73. The van der Waals surface area contributed by atoms with Crippen molar-refractivity contribution in [2.45, 2.75) is 31.8 Å². The molecule has 2 aliphatic rings. The van der Waals surface area contributed by atoms with Crippen LogP contribution in [0.5, 0.6) is 0 Å². The van der Waals surface area contributed by atoms with E-state index in [0.29, 0.717) is 6.04 Å². The molecule has 2 saturated heterocycles. The van der Waals surface area contributed by atoms with Crippen LogP contribution >= 0.6 is 0 Å². The molecular formula is C16H25N3. The molecule has 3 rings (SSSR count). The van der Waals surface area contributed by atoms with Crippen LogP contribution in [0.15, 0.2) is 24.3 Å². The molecule has 19 heavy (non-hydrogen) atoms. The molecule has 0 aliphatic carbocycles. The molecule has 0 bridgehead atoms. The number of hydrogen-bond acceptors (Lipinski definition) is 3. The fraction of sp³-hybridized carbons (Fsp3) is 0.625. The lowest BCUT2D eigenvalue weighted by Crippen LogP contribution is -2.52. The zero-order chi connectivity index (χ0) is 13.2. The lowest BCUT2D eigenvalue weighted by molar-refractivity contribution is 0.0735. The van der Waals surface area contributed by atoms with Gasteiger partial charge in [0.2, 0.25) is 0 Å². The summed E-state index contributed by atoms with van der Waals surface area (Å²) < 4.78 is 0. The van der Waals surface area contributed by atoms with E-state index in [1.807, 2.05) is 0 Å². The number of rotatable bonds is 3. The predicted molar refractivity (Wildman–Crippen MR) is 79.1 cm³/mol. The molecule has 1 aromatic rings. The molecule has 2 heterocycles. The lowest BCUT2D eigenvalue weighted by Gasteiger charge is -2.41. The van der Waals surface area contributed by atoms with Crippen molar-refractivity contribution < 1.29 is 0 Å². The molecule has 0 saturated carbocycles. The Labute approximate surface area is 116 Å².